The monoisotopic (exact) mass is 1160 g/mol. The molecule has 0 aliphatic rings. The normalized spacial score (nSPS) is 12.2. The summed E-state index contributed by atoms with van der Waals surface area (Å²) in [5, 5.41) is 12.8. The Hall–Kier alpha value is -7.13. The van der Waals surface area contributed by atoms with E-state index >= 15 is 0 Å². The number of aromatic nitrogens is 3. The number of aromatic hydroxyl groups is 1. The Kier molecular flexibility index (Phi) is 14.2. The molecule has 0 amide bonds. The van der Waals surface area contributed by atoms with Crippen molar-refractivity contribution >= 4 is 11.0 Å². The van der Waals surface area contributed by atoms with Gasteiger partial charge in [-0.05, 0) is 102 Å². The third-order valence-electron chi connectivity index (χ3n) is 14.5. The van der Waals surface area contributed by atoms with E-state index in [9.17, 15) is 5.11 Å². The first-order valence-electron chi connectivity index (χ1n) is 26.0. The minimum absolute atomic E-state index is 0. The van der Waals surface area contributed by atoms with Crippen LogP contribution in [0.5, 0.6) is 5.75 Å². The Balaban J connectivity index is 0.00000689. The van der Waals surface area contributed by atoms with Gasteiger partial charge < -0.3 is 5.11 Å². The topological polar surface area (TPSA) is 50.9 Å². The summed E-state index contributed by atoms with van der Waals surface area (Å²) in [7, 11) is 0. The van der Waals surface area contributed by atoms with Gasteiger partial charge in [0.15, 0.2) is 0 Å². The molecule has 0 atom stereocenters. The van der Waals surface area contributed by atoms with Gasteiger partial charge in [-0.2, -0.15) is 0 Å². The fourth-order valence-electron chi connectivity index (χ4n) is 10.2. The maximum Gasteiger partial charge on any atom is 0.148 e. The van der Waals surface area contributed by atoms with Crippen molar-refractivity contribution in [3.05, 3.63) is 217 Å². The van der Waals surface area contributed by atoms with Gasteiger partial charge in [-0.1, -0.05) is 234 Å². The number of pyridine rings is 1. The van der Waals surface area contributed by atoms with Gasteiger partial charge in [0.25, 0.3) is 0 Å². The maximum absolute atomic E-state index is 12.8. The zero-order valence-electron chi connectivity index (χ0n) is 45.5. The average molecular weight is 1160 g/mol. The van der Waals surface area contributed by atoms with Crippen LogP contribution < -0.4 is 0 Å². The Morgan fingerprint density at radius 2 is 0.933 bits per heavy atom. The summed E-state index contributed by atoms with van der Waals surface area (Å²) < 4.78 is 2.32. The van der Waals surface area contributed by atoms with E-state index in [1.807, 2.05) is 6.20 Å². The molecule has 0 bridgehead atoms. The van der Waals surface area contributed by atoms with Gasteiger partial charge in [-0.3, -0.25) is 9.55 Å². The summed E-state index contributed by atoms with van der Waals surface area (Å²) in [4.78, 5) is 10.8. The number of fused-ring (bicyclic) bond motifs is 1. The van der Waals surface area contributed by atoms with Crippen LogP contribution in [0.15, 0.2) is 188 Å². The summed E-state index contributed by atoms with van der Waals surface area (Å²) >= 11 is 0. The maximum atomic E-state index is 12.8. The SMILES string of the molecule is CC(C)(C)c1cc(-c2cc(-c3ccc(-c4ccccc4)cc3)ccn2)[c-]c(-c2cccc3c2nc(-c2cc(C(C)(C)C)cc(C(C)(C)C)c2O)n3-c2cc(-c3ccccc3)c(C(C)(C)C)cc2-c2ccccc2)c1.[Pt]. The number of hydrogen-bond donors (Lipinski definition) is 1. The first kappa shape index (κ1) is 52.7. The zero-order chi connectivity index (χ0) is 52.3. The van der Waals surface area contributed by atoms with E-state index < -0.39 is 0 Å². The van der Waals surface area contributed by atoms with Gasteiger partial charge in [-0.15, -0.1) is 29.3 Å². The van der Waals surface area contributed by atoms with Crippen molar-refractivity contribution in [2.75, 3.05) is 0 Å². The van der Waals surface area contributed by atoms with Crippen LogP contribution in [-0.2, 0) is 42.7 Å². The molecular formula is C70H68N3OPt-. The summed E-state index contributed by atoms with van der Waals surface area (Å²) in [5.74, 6) is 0.907. The summed E-state index contributed by atoms with van der Waals surface area (Å²) in [6.45, 7) is 26.9. The molecule has 0 spiro atoms. The molecule has 0 unspecified atom stereocenters. The van der Waals surface area contributed by atoms with Crippen molar-refractivity contribution in [2.24, 2.45) is 0 Å². The Labute approximate surface area is 459 Å². The van der Waals surface area contributed by atoms with Crippen molar-refractivity contribution < 1.29 is 26.2 Å². The summed E-state index contributed by atoms with van der Waals surface area (Å²) in [6, 6.07) is 69.0. The first-order chi connectivity index (χ1) is 35.1. The number of phenols is 1. The Morgan fingerprint density at radius 1 is 0.413 bits per heavy atom. The van der Waals surface area contributed by atoms with E-state index in [2.05, 4.69) is 276 Å². The molecule has 0 aliphatic carbocycles. The van der Waals surface area contributed by atoms with Crippen molar-refractivity contribution in [3.63, 3.8) is 0 Å². The van der Waals surface area contributed by atoms with E-state index in [0.29, 0.717) is 11.4 Å². The molecule has 0 saturated heterocycles. The van der Waals surface area contributed by atoms with Crippen molar-refractivity contribution in [2.45, 2.75) is 105 Å². The molecule has 0 radical (unpaired) electrons. The van der Waals surface area contributed by atoms with Gasteiger partial charge >= 0.3 is 0 Å². The molecule has 2 heterocycles. The fraction of sp³-hybridized carbons (Fsp3) is 0.229. The van der Waals surface area contributed by atoms with Crippen LogP contribution in [0.25, 0.3) is 95.0 Å². The van der Waals surface area contributed by atoms with Crippen LogP contribution in [0.1, 0.15) is 105 Å². The average Bonchev–Trinajstić information content (AvgIpc) is 3.77. The molecule has 10 rings (SSSR count). The van der Waals surface area contributed by atoms with E-state index in [-0.39, 0.29) is 48.5 Å². The molecule has 10 aromatic rings. The van der Waals surface area contributed by atoms with Crippen LogP contribution in [0.4, 0.5) is 0 Å². The molecule has 0 aliphatic heterocycles. The minimum Gasteiger partial charge on any atom is -0.507 e. The zero-order valence-corrected chi connectivity index (χ0v) is 47.8. The predicted octanol–water partition coefficient (Wildman–Crippen LogP) is 18.8. The molecule has 0 saturated carbocycles. The number of nitrogens with zero attached hydrogens (tertiary/aromatic N) is 3. The largest absolute Gasteiger partial charge is 0.507 e. The van der Waals surface area contributed by atoms with Gasteiger partial charge in [0.05, 0.1) is 22.3 Å². The van der Waals surface area contributed by atoms with Crippen LogP contribution >= 0.6 is 0 Å². The smallest absolute Gasteiger partial charge is 0.148 e. The molecule has 4 nitrogen and oxygen atoms in total. The second-order valence-corrected chi connectivity index (χ2v) is 24.1. The van der Waals surface area contributed by atoms with Crippen LogP contribution in [0.3, 0.4) is 0 Å². The number of rotatable bonds is 8. The molecule has 380 valence electrons. The molecular weight excluding hydrogens is 1090 g/mol. The molecule has 8 aromatic carbocycles. The Morgan fingerprint density at radius 3 is 1.51 bits per heavy atom. The third kappa shape index (κ3) is 10.6. The standard InChI is InChI=1S/C70H68N3O.Pt/c1-67(2,3)53-38-51(37-52(39-53)61-40-50(35-36-71-61)47-33-31-46(32-34-47)45-23-16-13-17-24-45)55-29-22-30-62-64(55)72-66(58-41-54(68(4,5)6)42-60(65(58)74)70(10,11)12)73(62)63-44-56(48-25-18-14-19-26-48)59(69(7,8)9)43-57(63)49-27-20-15-21-28-49;/h13-36,38-44,74H,1-12H3;/q-1;. The first-order valence-corrected chi connectivity index (χ1v) is 26.0. The number of phenolic OH excluding ortho intramolecular Hbond substituents is 1. The van der Waals surface area contributed by atoms with Crippen molar-refractivity contribution in [1.82, 2.24) is 14.5 Å². The van der Waals surface area contributed by atoms with Gasteiger partial charge in [0, 0.05) is 44.1 Å². The molecule has 0 fully saturated rings. The minimum atomic E-state index is -0.359. The van der Waals surface area contributed by atoms with Crippen molar-refractivity contribution in [3.8, 4) is 89.7 Å². The van der Waals surface area contributed by atoms with Gasteiger partial charge in [0.2, 0.25) is 0 Å². The number of hydrogen-bond acceptors (Lipinski definition) is 3. The van der Waals surface area contributed by atoms with E-state index in [1.54, 1.807) is 0 Å². The second-order valence-electron chi connectivity index (χ2n) is 24.1. The van der Waals surface area contributed by atoms with E-state index in [4.69, 9.17) is 9.97 Å². The number of benzene rings is 8. The molecule has 2 aromatic heterocycles. The summed E-state index contributed by atoms with van der Waals surface area (Å²) in [5.41, 5.74) is 19.5. The van der Waals surface area contributed by atoms with E-state index in [1.165, 1.54) is 22.3 Å². The molecule has 75 heavy (non-hydrogen) atoms. The van der Waals surface area contributed by atoms with Crippen LogP contribution in [0, 0.1) is 6.07 Å². The van der Waals surface area contributed by atoms with Gasteiger partial charge in [-0.25, -0.2) is 4.98 Å². The quantitative estimate of drug-likeness (QED) is 0.154. The fourth-order valence-corrected chi connectivity index (χ4v) is 10.2. The predicted molar refractivity (Wildman–Crippen MR) is 312 cm³/mol. The van der Waals surface area contributed by atoms with Crippen molar-refractivity contribution in [1.29, 1.82) is 0 Å². The van der Waals surface area contributed by atoms with E-state index in [0.717, 1.165) is 83.6 Å². The number of para-hydroxylation sites is 1. The summed E-state index contributed by atoms with van der Waals surface area (Å²) in [6.07, 6.45) is 1.91. The Bertz CT molecular complexity index is 3680. The van der Waals surface area contributed by atoms with Crippen LogP contribution in [0.2, 0.25) is 0 Å². The van der Waals surface area contributed by atoms with Crippen LogP contribution in [-0.4, -0.2) is 19.6 Å². The third-order valence-corrected chi connectivity index (χ3v) is 14.5. The molecule has 5 heteroatoms. The van der Waals surface area contributed by atoms with Gasteiger partial charge in [0.1, 0.15) is 11.6 Å². The molecule has 1 N–H and O–H groups in total. The number of imidazole rings is 1. The second kappa shape index (κ2) is 20.2.